The van der Waals surface area contributed by atoms with Crippen LogP contribution in [-0.4, -0.2) is 49.4 Å². The van der Waals surface area contributed by atoms with E-state index in [0.717, 1.165) is 0 Å². The van der Waals surface area contributed by atoms with E-state index in [9.17, 15) is 9.59 Å². The minimum atomic E-state index is 0.0286. The molecule has 2 amide bonds. The lowest BCUT2D eigenvalue weighted by Gasteiger charge is -2.21. The first kappa shape index (κ1) is 16.9. The third-order valence-corrected chi connectivity index (χ3v) is 2.68. The Kier molecular flexibility index (Phi) is 8.37. The van der Waals surface area contributed by atoms with Crippen molar-refractivity contribution in [3.8, 4) is 0 Å². The molecule has 0 aromatic carbocycles. The topological polar surface area (TPSA) is 61.4 Å². The average molecular weight is 257 g/mol. The van der Waals surface area contributed by atoms with Gasteiger partial charge < -0.3 is 15.5 Å². The fourth-order valence-corrected chi connectivity index (χ4v) is 1.22. The number of likely N-dealkylation sites (N-methyl/N-ethyl adjacent to an activating group) is 1. The van der Waals surface area contributed by atoms with Crippen molar-refractivity contribution in [2.75, 3.05) is 26.7 Å². The number of hydrogen-bond acceptors (Lipinski definition) is 3. The van der Waals surface area contributed by atoms with Gasteiger partial charge in [-0.1, -0.05) is 13.8 Å². The largest absolute Gasteiger partial charge is 0.356 e. The lowest BCUT2D eigenvalue weighted by atomic mass is 10.2. The monoisotopic (exact) mass is 257 g/mol. The summed E-state index contributed by atoms with van der Waals surface area (Å²) in [5, 5.41) is 5.82. The summed E-state index contributed by atoms with van der Waals surface area (Å²) in [5.74, 6) is 0.539. The molecule has 0 rings (SSSR count). The highest BCUT2D eigenvalue weighted by Gasteiger charge is 2.11. The smallest absolute Gasteiger partial charge is 0.236 e. The van der Waals surface area contributed by atoms with Gasteiger partial charge in [0.1, 0.15) is 0 Å². The maximum Gasteiger partial charge on any atom is 0.236 e. The van der Waals surface area contributed by atoms with Crippen LogP contribution in [0.4, 0.5) is 0 Å². The van der Waals surface area contributed by atoms with E-state index in [1.807, 2.05) is 13.8 Å². The van der Waals surface area contributed by atoms with E-state index in [1.54, 1.807) is 11.9 Å². The molecule has 18 heavy (non-hydrogen) atoms. The van der Waals surface area contributed by atoms with Crippen LogP contribution < -0.4 is 10.6 Å². The van der Waals surface area contributed by atoms with Gasteiger partial charge in [0.2, 0.25) is 11.8 Å². The number of nitrogens with zero attached hydrogens (tertiary/aromatic N) is 1. The Balaban J connectivity index is 3.61. The number of rotatable bonds is 8. The van der Waals surface area contributed by atoms with E-state index >= 15 is 0 Å². The minimum absolute atomic E-state index is 0.0286. The fraction of sp³-hybridized carbons (Fsp3) is 0.846. The summed E-state index contributed by atoms with van der Waals surface area (Å²) < 4.78 is 0. The highest BCUT2D eigenvalue weighted by Crippen LogP contribution is 1.93. The van der Waals surface area contributed by atoms with E-state index in [2.05, 4.69) is 24.5 Å². The highest BCUT2D eigenvalue weighted by atomic mass is 16.2. The molecule has 0 aromatic rings. The Morgan fingerprint density at radius 3 is 2.28 bits per heavy atom. The summed E-state index contributed by atoms with van der Waals surface area (Å²) in [6.45, 7) is 9.56. The van der Waals surface area contributed by atoms with Crippen molar-refractivity contribution in [2.45, 2.75) is 40.2 Å². The van der Waals surface area contributed by atoms with Crippen molar-refractivity contribution >= 4 is 11.8 Å². The molecule has 0 heterocycles. The average Bonchev–Trinajstić information content (AvgIpc) is 2.30. The van der Waals surface area contributed by atoms with Crippen LogP contribution in [0.3, 0.4) is 0 Å². The summed E-state index contributed by atoms with van der Waals surface area (Å²) >= 11 is 0. The van der Waals surface area contributed by atoms with Crippen molar-refractivity contribution in [1.82, 2.24) is 15.5 Å². The second-order valence-corrected chi connectivity index (χ2v) is 5.22. The molecule has 0 atom stereocenters. The standard InChI is InChI=1S/C13H27N3O2/c1-10(2)8-15-12(17)6-7-14-9-13(18)16(5)11(3)4/h10-11,14H,6-9H2,1-5H3,(H,15,17). The van der Waals surface area contributed by atoms with Crippen LogP contribution in [0.15, 0.2) is 0 Å². The third-order valence-electron chi connectivity index (χ3n) is 2.68. The van der Waals surface area contributed by atoms with Crippen LogP contribution in [0.25, 0.3) is 0 Å². The first-order valence-corrected chi connectivity index (χ1v) is 6.57. The molecule has 0 saturated carbocycles. The molecule has 106 valence electrons. The predicted octanol–water partition coefficient (Wildman–Crippen LogP) is 0.605. The Morgan fingerprint density at radius 1 is 1.17 bits per heavy atom. The van der Waals surface area contributed by atoms with Crippen molar-refractivity contribution in [2.24, 2.45) is 5.92 Å². The molecule has 5 nitrogen and oxygen atoms in total. The van der Waals surface area contributed by atoms with Gasteiger partial charge in [-0.2, -0.15) is 0 Å². The van der Waals surface area contributed by atoms with E-state index in [1.165, 1.54) is 0 Å². The van der Waals surface area contributed by atoms with Gasteiger partial charge in [-0.15, -0.1) is 0 Å². The Bertz CT molecular complexity index is 265. The normalized spacial score (nSPS) is 10.8. The summed E-state index contributed by atoms with van der Waals surface area (Å²) in [5.41, 5.74) is 0. The number of amides is 2. The number of carbonyl (C=O) groups is 2. The summed E-state index contributed by atoms with van der Waals surface area (Å²) in [6.07, 6.45) is 0.408. The van der Waals surface area contributed by atoms with Gasteiger partial charge in [-0.3, -0.25) is 9.59 Å². The van der Waals surface area contributed by atoms with Gasteiger partial charge in [0, 0.05) is 32.6 Å². The molecule has 0 spiro atoms. The molecule has 2 N–H and O–H groups in total. The predicted molar refractivity (Wildman–Crippen MR) is 73.2 cm³/mol. The molecule has 5 heteroatoms. The van der Waals surface area contributed by atoms with Gasteiger partial charge in [0.25, 0.3) is 0 Å². The van der Waals surface area contributed by atoms with E-state index < -0.39 is 0 Å². The lowest BCUT2D eigenvalue weighted by Crippen LogP contribution is -2.40. The summed E-state index contributed by atoms with van der Waals surface area (Å²) in [6, 6.07) is 0.202. The molecule has 0 bridgehead atoms. The molecular formula is C13H27N3O2. The minimum Gasteiger partial charge on any atom is -0.356 e. The molecule has 0 saturated heterocycles. The number of carbonyl (C=O) groups excluding carboxylic acids is 2. The number of hydrogen-bond donors (Lipinski definition) is 2. The summed E-state index contributed by atoms with van der Waals surface area (Å²) in [4.78, 5) is 24.7. The van der Waals surface area contributed by atoms with E-state index in [4.69, 9.17) is 0 Å². The fourth-order valence-electron chi connectivity index (χ4n) is 1.22. The van der Waals surface area contributed by atoms with Crippen molar-refractivity contribution in [3.63, 3.8) is 0 Å². The first-order valence-electron chi connectivity index (χ1n) is 6.57. The van der Waals surface area contributed by atoms with Gasteiger partial charge in [0.05, 0.1) is 6.54 Å². The second kappa shape index (κ2) is 8.91. The maximum absolute atomic E-state index is 11.6. The Hall–Kier alpha value is -1.10. The maximum atomic E-state index is 11.6. The van der Waals surface area contributed by atoms with Gasteiger partial charge >= 0.3 is 0 Å². The van der Waals surface area contributed by atoms with Crippen LogP contribution in [-0.2, 0) is 9.59 Å². The van der Waals surface area contributed by atoms with Crippen LogP contribution >= 0.6 is 0 Å². The van der Waals surface area contributed by atoms with Crippen molar-refractivity contribution < 1.29 is 9.59 Å². The second-order valence-electron chi connectivity index (χ2n) is 5.22. The zero-order chi connectivity index (χ0) is 14.1. The Morgan fingerprint density at radius 2 is 1.78 bits per heavy atom. The molecule has 0 aliphatic rings. The molecule has 0 unspecified atom stereocenters. The molecule has 0 aliphatic carbocycles. The van der Waals surface area contributed by atoms with Crippen molar-refractivity contribution in [3.05, 3.63) is 0 Å². The zero-order valence-corrected chi connectivity index (χ0v) is 12.2. The molecular weight excluding hydrogens is 230 g/mol. The van der Waals surface area contributed by atoms with Crippen molar-refractivity contribution in [1.29, 1.82) is 0 Å². The van der Waals surface area contributed by atoms with E-state index in [-0.39, 0.29) is 24.4 Å². The van der Waals surface area contributed by atoms with Crippen LogP contribution in [0.1, 0.15) is 34.1 Å². The molecule has 0 aromatic heterocycles. The number of nitrogens with one attached hydrogen (secondary N) is 2. The van der Waals surface area contributed by atoms with Crippen LogP contribution in [0.5, 0.6) is 0 Å². The van der Waals surface area contributed by atoms with Crippen LogP contribution in [0, 0.1) is 5.92 Å². The Labute approximate surface area is 110 Å². The molecule has 0 fully saturated rings. The first-order chi connectivity index (χ1) is 8.34. The van der Waals surface area contributed by atoms with Crippen LogP contribution in [0.2, 0.25) is 0 Å². The SMILES string of the molecule is CC(C)CNC(=O)CCNCC(=O)N(C)C(C)C. The third kappa shape index (κ3) is 8.06. The van der Waals surface area contributed by atoms with Gasteiger partial charge in [-0.05, 0) is 19.8 Å². The molecule has 0 radical (unpaired) electrons. The van der Waals surface area contributed by atoms with Gasteiger partial charge in [0.15, 0.2) is 0 Å². The highest BCUT2D eigenvalue weighted by molar-refractivity contribution is 5.78. The lowest BCUT2D eigenvalue weighted by molar-refractivity contribution is -0.130. The molecule has 0 aliphatic heterocycles. The zero-order valence-electron chi connectivity index (χ0n) is 12.2. The summed E-state index contributed by atoms with van der Waals surface area (Å²) in [7, 11) is 1.78. The van der Waals surface area contributed by atoms with Gasteiger partial charge in [-0.25, -0.2) is 0 Å². The van der Waals surface area contributed by atoms with E-state index in [0.29, 0.717) is 25.4 Å². The quantitative estimate of drug-likeness (QED) is 0.626.